The van der Waals surface area contributed by atoms with Gasteiger partial charge in [-0.25, -0.2) is 4.79 Å². The van der Waals surface area contributed by atoms with Crippen LogP contribution in [0.5, 0.6) is 0 Å². The highest BCUT2D eigenvalue weighted by atomic mass is 16.4. The molecule has 82 valence electrons. The van der Waals surface area contributed by atoms with Crippen LogP contribution in [0.25, 0.3) is 0 Å². The van der Waals surface area contributed by atoms with Gasteiger partial charge in [0.1, 0.15) is 6.04 Å². The molecule has 0 rings (SSSR count). The predicted octanol–water partition coefficient (Wildman–Crippen LogP) is 0.0948. The minimum absolute atomic E-state index is 0.240. The third-order valence-corrected chi connectivity index (χ3v) is 1.82. The number of carboxylic acid groups (broad SMARTS) is 1. The molecule has 0 heterocycles. The molecule has 1 atom stereocenters. The number of aliphatic carboxylic acids is 1. The Kier molecular flexibility index (Phi) is 6.74. The smallest absolute Gasteiger partial charge is 0.326 e. The van der Waals surface area contributed by atoms with Crippen molar-refractivity contribution in [3.05, 3.63) is 0 Å². The van der Waals surface area contributed by atoms with Crippen LogP contribution in [-0.4, -0.2) is 29.6 Å². The molecule has 0 radical (unpaired) electrons. The van der Waals surface area contributed by atoms with E-state index < -0.39 is 12.0 Å². The van der Waals surface area contributed by atoms with Gasteiger partial charge in [-0.3, -0.25) is 4.79 Å². The van der Waals surface area contributed by atoms with Crippen LogP contribution in [0.3, 0.4) is 0 Å². The van der Waals surface area contributed by atoms with Crippen molar-refractivity contribution in [2.24, 2.45) is 5.73 Å². The second-order valence-corrected chi connectivity index (χ2v) is 3.14. The van der Waals surface area contributed by atoms with Gasteiger partial charge in [0.25, 0.3) is 0 Å². The fourth-order valence-electron chi connectivity index (χ4n) is 1.08. The summed E-state index contributed by atoms with van der Waals surface area (Å²) in [5.41, 5.74) is 5.23. The van der Waals surface area contributed by atoms with Gasteiger partial charge in [-0.15, -0.1) is 0 Å². The first-order valence-corrected chi connectivity index (χ1v) is 4.84. The van der Waals surface area contributed by atoms with E-state index in [1.165, 1.54) is 0 Å². The number of carboxylic acids is 1. The van der Waals surface area contributed by atoms with Crippen LogP contribution in [-0.2, 0) is 9.59 Å². The first-order valence-electron chi connectivity index (χ1n) is 4.84. The maximum atomic E-state index is 11.2. The fourth-order valence-corrected chi connectivity index (χ4v) is 1.08. The Morgan fingerprint density at radius 1 is 1.50 bits per heavy atom. The van der Waals surface area contributed by atoms with Crippen molar-refractivity contribution in [2.75, 3.05) is 6.54 Å². The van der Waals surface area contributed by atoms with Crippen molar-refractivity contribution in [3.8, 4) is 0 Å². The van der Waals surface area contributed by atoms with Gasteiger partial charge in [0.05, 0.1) is 0 Å². The molecule has 0 spiro atoms. The number of carbonyl (C=O) groups is 2. The van der Waals surface area contributed by atoms with Gasteiger partial charge in [-0.05, 0) is 19.4 Å². The fraction of sp³-hybridized carbons (Fsp3) is 0.778. The van der Waals surface area contributed by atoms with Gasteiger partial charge < -0.3 is 16.2 Å². The molecule has 1 amide bonds. The van der Waals surface area contributed by atoms with Gasteiger partial charge >= 0.3 is 5.97 Å². The molecular formula is C9H18N2O3. The van der Waals surface area contributed by atoms with E-state index in [0.717, 1.165) is 6.42 Å². The van der Waals surface area contributed by atoms with Crippen LogP contribution >= 0.6 is 0 Å². The first-order chi connectivity index (χ1) is 6.61. The molecule has 0 bridgehead atoms. The number of amides is 1. The second-order valence-electron chi connectivity index (χ2n) is 3.14. The molecule has 0 saturated carbocycles. The molecule has 0 aromatic rings. The van der Waals surface area contributed by atoms with Crippen LogP contribution in [0.15, 0.2) is 0 Å². The first kappa shape index (κ1) is 12.9. The summed E-state index contributed by atoms with van der Waals surface area (Å²) in [5, 5.41) is 11.2. The van der Waals surface area contributed by atoms with Crippen LogP contribution in [0.1, 0.15) is 32.6 Å². The van der Waals surface area contributed by atoms with Gasteiger partial charge in [0.2, 0.25) is 5.91 Å². The Hall–Kier alpha value is -1.10. The maximum Gasteiger partial charge on any atom is 0.326 e. The number of rotatable bonds is 7. The monoisotopic (exact) mass is 202 g/mol. The Morgan fingerprint density at radius 3 is 2.57 bits per heavy atom. The van der Waals surface area contributed by atoms with Crippen LogP contribution in [0.4, 0.5) is 0 Å². The number of nitrogens with one attached hydrogen (secondary N) is 1. The predicted molar refractivity (Wildman–Crippen MR) is 52.8 cm³/mol. The van der Waals surface area contributed by atoms with Crippen LogP contribution < -0.4 is 11.1 Å². The maximum absolute atomic E-state index is 11.2. The largest absolute Gasteiger partial charge is 0.480 e. The summed E-state index contributed by atoms with van der Waals surface area (Å²) in [6.07, 6.45) is 2.08. The summed E-state index contributed by atoms with van der Waals surface area (Å²) in [7, 11) is 0. The molecule has 4 N–H and O–H groups in total. The van der Waals surface area contributed by atoms with Gasteiger partial charge in [0.15, 0.2) is 0 Å². The third kappa shape index (κ3) is 5.53. The molecule has 0 aliphatic rings. The molecule has 0 aliphatic heterocycles. The summed E-state index contributed by atoms with van der Waals surface area (Å²) in [5.74, 6) is -1.22. The summed E-state index contributed by atoms with van der Waals surface area (Å²) >= 11 is 0. The lowest BCUT2D eigenvalue weighted by atomic mass is 10.1. The minimum atomic E-state index is -0.979. The zero-order valence-electron chi connectivity index (χ0n) is 8.45. The lowest BCUT2D eigenvalue weighted by Crippen LogP contribution is -2.40. The Labute approximate surface area is 83.7 Å². The van der Waals surface area contributed by atoms with E-state index in [0.29, 0.717) is 25.8 Å². The summed E-state index contributed by atoms with van der Waals surface area (Å²) in [6, 6.07) is -0.759. The number of carbonyl (C=O) groups excluding carboxylic acids is 1. The Bertz CT molecular complexity index is 194. The summed E-state index contributed by atoms with van der Waals surface area (Å²) in [6.45, 7) is 2.32. The SMILES string of the molecule is CCC[C@H](NC(=O)CCCN)C(=O)O. The van der Waals surface area contributed by atoms with Crippen molar-refractivity contribution < 1.29 is 14.7 Å². The lowest BCUT2D eigenvalue weighted by Gasteiger charge is -2.12. The minimum Gasteiger partial charge on any atom is -0.480 e. The van der Waals surface area contributed by atoms with Gasteiger partial charge in [-0.1, -0.05) is 13.3 Å². The van der Waals surface area contributed by atoms with Crippen molar-refractivity contribution >= 4 is 11.9 Å². The van der Waals surface area contributed by atoms with Gasteiger partial charge in [0, 0.05) is 6.42 Å². The lowest BCUT2D eigenvalue weighted by molar-refractivity contribution is -0.142. The summed E-state index contributed by atoms with van der Waals surface area (Å²) in [4.78, 5) is 21.8. The van der Waals surface area contributed by atoms with Crippen molar-refractivity contribution in [1.82, 2.24) is 5.32 Å². The molecule has 0 fully saturated rings. The molecule has 0 aromatic carbocycles. The molecule has 0 unspecified atom stereocenters. The molecule has 14 heavy (non-hydrogen) atoms. The molecular weight excluding hydrogens is 184 g/mol. The third-order valence-electron chi connectivity index (χ3n) is 1.82. The van der Waals surface area contributed by atoms with E-state index in [1.807, 2.05) is 6.92 Å². The van der Waals surface area contributed by atoms with E-state index in [2.05, 4.69) is 5.32 Å². The van der Waals surface area contributed by atoms with Crippen LogP contribution in [0, 0.1) is 0 Å². The average molecular weight is 202 g/mol. The quantitative estimate of drug-likeness (QED) is 0.545. The molecule has 5 nitrogen and oxygen atoms in total. The Balaban J connectivity index is 3.90. The standard InChI is InChI=1S/C9H18N2O3/c1-2-4-7(9(13)14)11-8(12)5-3-6-10/h7H,2-6,10H2,1H3,(H,11,12)(H,13,14)/t7-/m0/s1. The zero-order chi connectivity index (χ0) is 11.0. The zero-order valence-corrected chi connectivity index (χ0v) is 8.45. The van der Waals surface area contributed by atoms with Gasteiger partial charge in [-0.2, -0.15) is 0 Å². The average Bonchev–Trinajstić information content (AvgIpc) is 2.14. The van der Waals surface area contributed by atoms with Crippen molar-refractivity contribution in [3.63, 3.8) is 0 Å². The molecule has 0 saturated heterocycles. The van der Waals surface area contributed by atoms with Crippen molar-refractivity contribution in [1.29, 1.82) is 0 Å². The van der Waals surface area contributed by atoms with E-state index in [-0.39, 0.29) is 5.91 Å². The second kappa shape index (κ2) is 7.32. The Morgan fingerprint density at radius 2 is 2.14 bits per heavy atom. The van der Waals surface area contributed by atoms with E-state index in [9.17, 15) is 9.59 Å². The number of hydrogen-bond donors (Lipinski definition) is 3. The molecule has 0 aromatic heterocycles. The topological polar surface area (TPSA) is 92.4 Å². The highest BCUT2D eigenvalue weighted by molar-refractivity contribution is 5.83. The van der Waals surface area contributed by atoms with E-state index in [4.69, 9.17) is 10.8 Å². The van der Waals surface area contributed by atoms with E-state index in [1.54, 1.807) is 0 Å². The highest BCUT2D eigenvalue weighted by Gasteiger charge is 2.17. The molecule has 5 heteroatoms. The van der Waals surface area contributed by atoms with Crippen LogP contribution in [0.2, 0.25) is 0 Å². The highest BCUT2D eigenvalue weighted by Crippen LogP contribution is 1.98. The summed E-state index contributed by atoms with van der Waals surface area (Å²) < 4.78 is 0. The normalized spacial score (nSPS) is 12.1. The van der Waals surface area contributed by atoms with E-state index >= 15 is 0 Å². The van der Waals surface area contributed by atoms with Crippen molar-refractivity contribution in [2.45, 2.75) is 38.6 Å². The number of nitrogens with two attached hydrogens (primary N) is 1. The molecule has 0 aliphatic carbocycles. The number of hydrogen-bond acceptors (Lipinski definition) is 3.